The van der Waals surface area contributed by atoms with E-state index in [0.717, 1.165) is 33.3 Å². The van der Waals surface area contributed by atoms with Gasteiger partial charge in [-0.1, -0.05) is 29.8 Å². The lowest BCUT2D eigenvalue weighted by molar-refractivity contribution is -0.360. The first-order chi connectivity index (χ1) is 19.7. The number of carbonyl (C=O) groups is 5. The molecule has 1 fully saturated rings. The van der Waals surface area contributed by atoms with Crippen molar-refractivity contribution in [3.63, 3.8) is 0 Å². The minimum atomic E-state index is -2.49. The molecule has 0 aliphatic carbocycles. The molecule has 1 heterocycles. The lowest BCUT2D eigenvalue weighted by atomic mass is 9.86. The van der Waals surface area contributed by atoms with Crippen LogP contribution in [0.25, 0.3) is 0 Å². The number of hydrogen-bond donors (Lipinski definition) is 1. The number of halogens is 1. The summed E-state index contributed by atoms with van der Waals surface area (Å²) in [5.74, 6) is -5.78. The molecule has 0 saturated carbocycles. The van der Waals surface area contributed by atoms with Crippen molar-refractivity contribution in [2.75, 3.05) is 6.61 Å². The summed E-state index contributed by atoms with van der Waals surface area (Å²) in [6, 6.07) is 11.1. The molecule has 5 atom stereocenters. The van der Waals surface area contributed by atoms with Crippen LogP contribution in [0.1, 0.15) is 51.3 Å². The van der Waals surface area contributed by atoms with E-state index in [1.165, 1.54) is 25.1 Å². The van der Waals surface area contributed by atoms with Crippen molar-refractivity contribution < 1.29 is 57.5 Å². The highest BCUT2D eigenvalue weighted by Gasteiger charge is 2.60. The van der Waals surface area contributed by atoms with E-state index in [-0.39, 0.29) is 12.0 Å². The first-order valence-electron chi connectivity index (χ1n) is 12.8. The first-order valence-corrected chi connectivity index (χ1v) is 13.2. The molecule has 0 unspecified atom stereocenters. The standard InChI is InChI=1S/C29H31ClO12/c1-15(31)37-14-25-26(39-17(3)33)27(40-18(4)34)28(41-19(5)35)29(36,42-25)22-8-11-24(30)21(13-22)12-20-6-9-23(10-7-20)38-16(2)32/h6-11,13,25-28,36H,12,14H2,1-5H3/t25-,26-,27+,28-,29-/m1/s1. The predicted octanol–water partition coefficient (Wildman–Crippen LogP) is 2.76. The molecule has 226 valence electrons. The zero-order valence-electron chi connectivity index (χ0n) is 23.6. The van der Waals surface area contributed by atoms with Crippen LogP contribution in [0.4, 0.5) is 0 Å². The van der Waals surface area contributed by atoms with Gasteiger partial charge < -0.3 is 33.5 Å². The number of rotatable bonds is 9. The van der Waals surface area contributed by atoms with E-state index >= 15 is 0 Å². The molecule has 1 aliphatic heterocycles. The van der Waals surface area contributed by atoms with Gasteiger partial charge in [-0.25, -0.2) is 0 Å². The van der Waals surface area contributed by atoms with Crippen molar-refractivity contribution in [3.8, 4) is 5.75 Å². The molecule has 0 amide bonds. The number of carbonyl (C=O) groups excluding carboxylic acids is 5. The zero-order chi connectivity index (χ0) is 31.2. The number of ether oxygens (including phenoxy) is 6. The Labute approximate surface area is 246 Å². The summed E-state index contributed by atoms with van der Waals surface area (Å²) in [7, 11) is 0. The molecule has 0 spiro atoms. The van der Waals surface area contributed by atoms with Gasteiger partial charge in [0.25, 0.3) is 0 Å². The van der Waals surface area contributed by atoms with E-state index < -0.39 is 66.7 Å². The van der Waals surface area contributed by atoms with Crippen molar-refractivity contribution in [2.24, 2.45) is 0 Å². The second-order valence-electron chi connectivity index (χ2n) is 9.55. The minimum absolute atomic E-state index is 0.0518. The third kappa shape index (κ3) is 8.28. The molecule has 1 N–H and O–H groups in total. The molecule has 1 saturated heterocycles. The summed E-state index contributed by atoms with van der Waals surface area (Å²) >= 11 is 6.48. The Kier molecular flexibility index (Phi) is 10.7. The van der Waals surface area contributed by atoms with E-state index in [0.29, 0.717) is 16.3 Å². The third-order valence-corrected chi connectivity index (χ3v) is 6.46. The largest absolute Gasteiger partial charge is 0.463 e. The summed E-state index contributed by atoms with van der Waals surface area (Å²) in [5.41, 5.74) is 1.35. The third-order valence-electron chi connectivity index (χ3n) is 6.09. The number of hydrogen-bond acceptors (Lipinski definition) is 12. The van der Waals surface area contributed by atoms with Crippen LogP contribution >= 0.6 is 11.6 Å². The van der Waals surface area contributed by atoms with E-state index in [4.69, 9.17) is 40.0 Å². The van der Waals surface area contributed by atoms with Gasteiger partial charge in [0, 0.05) is 45.2 Å². The van der Waals surface area contributed by atoms with Gasteiger partial charge in [0.2, 0.25) is 11.9 Å². The SMILES string of the molecule is CC(=O)OC[C@H]1O[C@](O)(c2ccc(Cl)c(Cc3ccc(OC(C)=O)cc3)c2)[C@H](OC(C)=O)[C@@H](OC(C)=O)[C@@H]1OC(C)=O. The van der Waals surface area contributed by atoms with Crippen molar-refractivity contribution in [2.45, 2.75) is 71.2 Å². The molecule has 0 radical (unpaired) electrons. The van der Waals surface area contributed by atoms with Gasteiger partial charge >= 0.3 is 29.8 Å². The van der Waals surface area contributed by atoms with Crippen LogP contribution in [0.3, 0.4) is 0 Å². The average Bonchev–Trinajstić information content (AvgIpc) is 2.88. The first kappa shape index (κ1) is 32.5. The Morgan fingerprint density at radius 1 is 0.810 bits per heavy atom. The molecular formula is C29H31ClO12. The molecular weight excluding hydrogens is 576 g/mol. The lowest BCUT2D eigenvalue weighted by Gasteiger charge is -2.48. The maximum absolute atomic E-state index is 12.2. The summed E-state index contributed by atoms with van der Waals surface area (Å²) in [4.78, 5) is 59.1. The smallest absolute Gasteiger partial charge is 0.308 e. The monoisotopic (exact) mass is 606 g/mol. The zero-order valence-corrected chi connectivity index (χ0v) is 24.3. The number of aliphatic hydroxyl groups is 1. The van der Waals surface area contributed by atoms with E-state index in [1.54, 1.807) is 24.3 Å². The maximum atomic E-state index is 12.2. The summed E-state index contributed by atoms with van der Waals surface area (Å²) in [5, 5.41) is 12.4. The Morgan fingerprint density at radius 2 is 1.40 bits per heavy atom. The summed E-state index contributed by atoms with van der Waals surface area (Å²) in [6.45, 7) is 5.18. The fourth-order valence-electron chi connectivity index (χ4n) is 4.51. The Bertz CT molecular complexity index is 1340. The highest BCUT2D eigenvalue weighted by atomic mass is 35.5. The van der Waals surface area contributed by atoms with Crippen LogP contribution in [0.5, 0.6) is 5.75 Å². The van der Waals surface area contributed by atoms with Crippen molar-refractivity contribution >= 4 is 41.4 Å². The van der Waals surface area contributed by atoms with Gasteiger partial charge in [0.05, 0.1) is 0 Å². The van der Waals surface area contributed by atoms with Crippen molar-refractivity contribution in [1.82, 2.24) is 0 Å². The Hall–Kier alpha value is -4.00. The van der Waals surface area contributed by atoms with Crippen LogP contribution in [0.2, 0.25) is 5.02 Å². The van der Waals surface area contributed by atoms with Gasteiger partial charge in [-0.15, -0.1) is 0 Å². The van der Waals surface area contributed by atoms with Gasteiger partial charge in [-0.2, -0.15) is 0 Å². The molecule has 0 aromatic heterocycles. The minimum Gasteiger partial charge on any atom is -0.463 e. The van der Waals surface area contributed by atoms with Crippen LogP contribution in [0.15, 0.2) is 42.5 Å². The second-order valence-corrected chi connectivity index (χ2v) is 9.96. The van der Waals surface area contributed by atoms with Crippen molar-refractivity contribution in [1.29, 1.82) is 0 Å². The molecule has 2 aromatic carbocycles. The fraction of sp³-hybridized carbons (Fsp3) is 0.414. The van der Waals surface area contributed by atoms with Crippen LogP contribution in [-0.2, 0) is 59.9 Å². The van der Waals surface area contributed by atoms with Gasteiger partial charge in [-0.3, -0.25) is 24.0 Å². The molecule has 42 heavy (non-hydrogen) atoms. The van der Waals surface area contributed by atoms with Crippen molar-refractivity contribution in [3.05, 3.63) is 64.2 Å². The highest BCUT2D eigenvalue weighted by Crippen LogP contribution is 2.42. The number of esters is 5. The predicted molar refractivity (Wildman–Crippen MR) is 144 cm³/mol. The summed E-state index contributed by atoms with van der Waals surface area (Å²) < 4.78 is 32.3. The lowest BCUT2D eigenvalue weighted by Crippen LogP contribution is -2.66. The molecule has 2 aromatic rings. The van der Waals surface area contributed by atoms with Crippen LogP contribution < -0.4 is 4.74 Å². The molecule has 3 rings (SSSR count). The van der Waals surface area contributed by atoms with E-state index in [1.807, 2.05) is 0 Å². The molecule has 0 bridgehead atoms. The fourth-order valence-corrected chi connectivity index (χ4v) is 4.69. The summed E-state index contributed by atoms with van der Waals surface area (Å²) in [6.07, 6.45) is -5.82. The Balaban J connectivity index is 2.09. The van der Waals surface area contributed by atoms with Crippen LogP contribution in [-0.4, -0.2) is 66.0 Å². The molecule has 12 nitrogen and oxygen atoms in total. The van der Waals surface area contributed by atoms with Crippen LogP contribution in [0, 0.1) is 0 Å². The normalized spacial score (nSPS) is 23.3. The van der Waals surface area contributed by atoms with Gasteiger partial charge in [0.15, 0.2) is 12.2 Å². The van der Waals surface area contributed by atoms with E-state index in [9.17, 15) is 29.1 Å². The maximum Gasteiger partial charge on any atom is 0.308 e. The molecule has 1 aliphatic rings. The number of benzene rings is 2. The Morgan fingerprint density at radius 3 is 1.95 bits per heavy atom. The quantitative estimate of drug-likeness (QED) is 0.253. The van der Waals surface area contributed by atoms with E-state index in [2.05, 4.69) is 0 Å². The second kappa shape index (κ2) is 13.8. The highest BCUT2D eigenvalue weighted by molar-refractivity contribution is 6.31. The average molecular weight is 607 g/mol. The van der Waals surface area contributed by atoms with Gasteiger partial charge in [-0.05, 0) is 41.8 Å². The van der Waals surface area contributed by atoms with Gasteiger partial charge in [0.1, 0.15) is 18.5 Å². The molecule has 13 heteroatoms. The topological polar surface area (TPSA) is 161 Å².